The van der Waals surface area contributed by atoms with E-state index < -0.39 is 0 Å². The van der Waals surface area contributed by atoms with Gasteiger partial charge in [0, 0.05) is 42.5 Å². The topological polar surface area (TPSA) is 98.5 Å². The van der Waals surface area contributed by atoms with E-state index in [2.05, 4.69) is 31.0 Å². The highest BCUT2D eigenvalue weighted by Gasteiger charge is 2.21. The van der Waals surface area contributed by atoms with Crippen molar-refractivity contribution in [3.63, 3.8) is 0 Å². The highest BCUT2D eigenvalue weighted by molar-refractivity contribution is 6.03. The average molecular weight is 246 g/mol. The van der Waals surface area contributed by atoms with Crippen LogP contribution in [0.2, 0.25) is 0 Å². The molecule has 0 spiro atoms. The van der Waals surface area contributed by atoms with Gasteiger partial charge < -0.3 is 10.6 Å². The van der Waals surface area contributed by atoms with Gasteiger partial charge in [0.1, 0.15) is 0 Å². The first kappa shape index (κ1) is 11.0. The second-order valence-corrected chi connectivity index (χ2v) is 4.35. The molecule has 0 atom stereocenters. The van der Waals surface area contributed by atoms with Gasteiger partial charge in [-0.3, -0.25) is 15.0 Å². The van der Waals surface area contributed by atoms with Gasteiger partial charge in [-0.05, 0) is 6.92 Å². The zero-order valence-corrected chi connectivity index (χ0v) is 10.0. The molecule has 1 aliphatic heterocycles. The summed E-state index contributed by atoms with van der Waals surface area (Å²) in [5, 5.41) is 19.7. The SMILES string of the molecule is Cc1cc(NC(=O)c2n[nH]c3c2CNCC3)n[nH]1. The molecule has 1 amide bonds. The van der Waals surface area contributed by atoms with E-state index in [9.17, 15) is 4.79 Å². The minimum atomic E-state index is -0.234. The van der Waals surface area contributed by atoms with Crippen molar-refractivity contribution in [2.24, 2.45) is 0 Å². The molecule has 2 aromatic rings. The molecule has 0 unspecified atom stereocenters. The maximum absolute atomic E-state index is 12.1. The number of aromatic amines is 2. The Hall–Kier alpha value is -2.15. The fourth-order valence-electron chi connectivity index (χ4n) is 2.07. The molecule has 0 fully saturated rings. The lowest BCUT2D eigenvalue weighted by Gasteiger charge is -2.12. The van der Waals surface area contributed by atoms with E-state index in [0.717, 1.165) is 29.9 Å². The predicted molar refractivity (Wildman–Crippen MR) is 65.3 cm³/mol. The number of hydrogen-bond acceptors (Lipinski definition) is 4. The number of hydrogen-bond donors (Lipinski definition) is 4. The van der Waals surface area contributed by atoms with Gasteiger partial charge in [0.25, 0.3) is 5.91 Å². The smallest absolute Gasteiger partial charge is 0.277 e. The van der Waals surface area contributed by atoms with Crippen LogP contribution >= 0.6 is 0 Å². The van der Waals surface area contributed by atoms with Crippen LogP contribution in [0.5, 0.6) is 0 Å². The molecule has 1 aliphatic rings. The van der Waals surface area contributed by atoms with Crippen LogP contribution in [0.15, 0.2) is 6.07 Å². The maximum atomic E-state index is 12.1. The summed E-state index contributed by atoms with van der Waals surface area (Å²) < 4.78 is 0. The zero-order chi connectivity index (χ0) is 12.5. The second-order valence-electron chi connectivity index (χ2n) is 4.35. The Morgan fingerprint density at radius 3 is 3.06 bits per heavy atom. The van der Waals surface area contributed by atoms with E-state index in [4.69, 9.17) is 0 Å². The van der Waals surface area contributed by atoms with Crippen molar-refractivity contribution in [3.05, 3.63) is 28.7 Å². The molecule has 94 valence electrons. The summed E-state index contributed by atoms with van der Waals surface area (Å²) in [5.74, 6) is 0.278. The van der Waals surface area contributed by atoms with Gasteiger partial charge in [-0.15, -0.1) is 0 Å². The van der Waals surface area contributed by atoms with Crippen LogP contribution in [0.3, 0.4) is 0 Å². The van der Waals surface area contributed by atoms with Crippen molar-refractivity contribution < 1.29 is 4.79 Å². The number of aromatic nitrogens is 4. The molecule has 0 bridgehead atoms. The van der Waals surface area contributed by atoms with Crippen molar-refractivity contribution in [3.8, 4) is 0 Å². The Morgan fingerprint density at radius 2 is 2.28 bits per heavy atom. The van der Waals surface area contributed by atoms with Gasteiger partial charge in [0.15, 0.2) is 11.5 Å². The molecule has 4 N–H and O–H groups in total. The standard InChI is InChI=1S/C11H14N6O/c1-6-4-9(16-14-6)13-11(18)10-7-5-12-3-2-8(7)15-17-10/h4,12H,2-3,5H2,1H3,(H,15,17)(H2,13,14,16,18). The first-order valence-corrected chi connectivity index (χ1v) is 5.84. The summed E-state index contributed by atoms with van der Waals surface area (Å²) in [6.07, 6.45) is 0.872. The monoisotopic (exact) mass is 246 g/mol. The van der Waals surface area contributed by atoms with Crippen molar-refractivity contribution in [2.45, 2.75) is 19.9 Å². The van der Waals surface area contributed by atoms with E-state index in [-0.39, 0.29) is 5.91 Å². The maximum Gasteiger partial charge on any atom is 0.277 e. The third-order valence-electron chi connectivity index (χ3n) is 2.97. The Morgan fingerprint density at radius 1 is 1.39 bits per heavy atom. The summed E-state index contributed by atoms with van der Waals surface area (Å²) in [6.45, 7) is 3.46. The summed E-state index contributed by atoms with van der Waals surface area (Å²) in [4.78, 5) is 12.1. The molecule has 0 saturated carbocycles. The normalized spacial score (nSPS) is 14.3. The number of aryl methyl sites for hydroxylation is 1. The molecule has 0 radical (unpaired) electrons. The number of fused-ring (bicyclic) bond motifs is 1. The van der Waals surface area contributed by atoms with Gasteiger partial charge in [0.05, 0.1) is 0 Å². The van der Waals surface area contributed by atoms with E-state index >= 15 is 0 Å². The van der Waals surface area contributed by atoms with Crippen molar-refractivity contribution in [2.75, 3.05) is 11.9 Å². The van der Waals surface area contributed by atoms with E-state index in [1.165, 1.54) is 0 Å². The molecule has 0 saturated heterocycles. The predicted octanol–water partition coefficient (Wildman–Crippen LogP) is 0.339. The van der Waals surface area contributed by atoms with Gasteiger partial charge in [-0.25, -0.2) is 0 Å². The lowest BCUT2D eigenvalue weighted by Crippen LogP contribution is -2.25. The average Bonchev–Trinajstić information content (AvgIpc) is 2.95. The minimum absolute atomic E-state index is 0.234. The molecule has 7 nitrogen and oxygen atoms in total. The number of anilines is 1. The van der Waals surface area contributed by atoms with Gasteiger partial charge in [-0.1, -0.05) is 0 Å². The molecule has 7 heteroatoms. The van der Waals surface area contributed by atoms with Crippen molar-refractivity contribution in [1.29, 1.82) is 0 Å². The third kappa shape index (κ3) is 1.88. The van der Waals surface area contributed by atoms with Crippen LogP contribution in [0.4, 0.5) is 5.82 Å². The number of nitrogens with zero attached hydrogens (tertiary/aromatic N) is 2. The van der Waals surface area contributed by atoms with Crippen LogP contribution < -0.4 is 10.6 Å². The molecular formula is C11H14N6O. The lowest BCUT2D eigenvalue weighted by atomic mass is 10.1. The minimum Gasteiger partial charge on any atom is -0.312 e. The molecular weight excluding hydrogens is 232 g/mol. The first-order valence-electron chi connectivity index (χ1n) is 5.84. The van der Waals surface area contributed by atoms with Gasteiger partial charge in [0.2, 0.25) is 0 Å². The molecule has 18 heavy (non-hydrogen) atoms. The Kier molecular flexibility index (Phi) is 2.60. The summed E-state index contributed by atoms with van der Waals surface area (Å²) in [7, 11) is 0. The Balaban J connectivity index is 1.82. The highest BCUT2D eigenvalue weighted by atomic mass is 16.2. The highest BCUT2D eigenvalue weighted by Crippen LogP contribution is 2.16. The summed E-state index contributed by atoms with van der Waals surface area (Å²) in [5.41, 5.74) is 3.33. The quantitative estimate of drug-likeness (QED) is 0.614. The fourth-order valence-corrected chi connectivity index (χ4v) is 2.07. The van der Waals surface area contributed by atoms with Crippen molar-refractivity contribution in [1.82, 2.24) is 25.7 Å². The third-order valence-corrected chi connectivity index (χ3v) is 2.97. The molecule has 0 aromatic carbocycles. The van der Waals surface area contributed by atoms with Crippen LogP contribution in [0.25, 0.3) is 0 Å². The van der Waals surface area contributed by atoms with Gasteiger partial charge >= 0.3 is 0 Å². The number of rotatable bonds is 2. The second kappa shape index (κ2) is 4.26. The first-order chi connectivity index (χ1) is 8.74. The summed E-state index contributed by atoms with van der Waals surface area (Å²) in [6, 6.07) is 1.77. The molecule has 0 aliphatic carbocycles. The van der Waals surface area contributed by atoms with E-state index in [1.807, 2.05) is 6.92 Å². The molecule has 3 rings (SSSR count). The number of nitrogens with one attached hydrogen (secondary N) is 4. The van der Waals surface area contributed by atoms with Crippen LogP contribution in [0.1, 0.15) is 27.4 Å². The number of amides is 1. The molecule has 3 heterocycles. The number of H-pyrrole nitrogens is 2. The van der Waals surface area contributed by atoms with Crippen LogP contribution in [0, 0.1) is 6.92 Å². The summed E-state index contributed by atoms with van der Waals surface area (Å²) >= 11 is 0. The Bertz CT molecular complexity index is 584. The fraction of sp³-hybridized carbons (Fsp3) is 0.364. The van der Waals surface area contributed by atoms with Crippen molar-refractivity contribution >= 4 is 11.7 Å². The largest absolute Gasteiger partial charge is 0.312 e. The van der Waals surface area contributed by atoms with Crippen LogP contribution in [-0.4, -0.2) is 32.8 Å². The number of carbonyl (C=O) groups is 1. The Labute approximate surface area is 103 Å². The van der Waals surface area contributed by atoms with E-state index in [0.29, 0.717) is 18.1 Å². The lowest BCUT2D eigenvalue weighted by molar-refractivity contribution is 0.102. The number of carbonyl (C=O) groups excluding carboxylic acids is 1. The van der Waals surface area contributed by atoms with Crippen LogP contribution in [-0.2, 0) is 13.0 Å². The van der Waals surface area contributed by atoms with E-state index in [1.54, 1.807) is 6.07 Å². The van der Waals surface area contributed by atoms with Gasteiger partial charge in [-0.2, -0.15) is 10.2 Å². The molecule has 2 aromatic heterocycles. The zero-order valence-electron chi connectivity index (χ0n) is 10.0.